The van der Waals surface area contributed by atoms with Crippen LogP contribution in [-0.2, 0) is 12.8 Å². The molecule has 0 spiro atoms. The molecule has 1 N–H and O–H groups in total. The largest absolute Gasteiger partial charge is 0.349 e. The quantitative estimate of drug-likeness (QED) is 0.892. The predicted octanol–water partition coefficient (Wildman–Crippen LogP) is 3.26. The summed E-state index contributed by atoms with van der Waals surface area (Å²) in [7, 11) is 0. The third-order valence-electron chi connectivity index (χ3n) is 3.70. The van der Waals surface area contributed by atoms with Crippen molar-refractivity contribution in [2.75, 3.05) is 0 Å². The van der Waals surface area contributed by atoms with Crippen LogP contribution in [0.3, 0.4) is 0 Å². The highest BCUT2D eigenvalue weighted by Crippen LogP contribution is 2.27. The maximum atomic E-state index is 12.3. The van der Waals surface area contributed by atoms with Gasteiger partial charge >= 0.3 is 0 Å². The third-order valence-corrected chi connectivity index (χ3v) is 4.68. The Morgan fingerprint density at radius 2 is 2.11 bits per heavy atom. The Hall–Kier alpha value is -1.61. The van der Waals surface area contributed by atoms with Gasteiger partial charge in [-0.1, -0.05) is 17.7 Å². The molecule has 1 heterocycles. The van der Waals surface area contributed by atoms with Gasteiger partial charge in [0.2, 0.25) is 0 Å². The van der Waals surface area contributed by atoms with Gasteiger partial charge in [-0.05, 0) is 48.9 Å². The van der Waals surface area contributed by atoms with Crippen LogP contribution in [0, 0.1) is 13.8 Å². The molecule has 98 valence electrons. The fraction of sp³-hybridized carbons (Fsp3) is 0.312. The van der Waals surface area contributed by atoms with Crippen molar-refractivity contribution < 1.29 is 4.79 Å². The first kappa shape index (κ1) is 12.4. The normalized spacial score (nSPS) is 17.3. The molecule has 1 unspecified atom stereocenters. The number of hydrogen-bond acceptors (Lipinski definition) is 2. The zero-order chi connectivity index (χ0) is 13.4. The molecule has 0 fully saturated rings. The van der Waals surface area contributed by atoms with Gasteiger partial charge in [0, 0.05) is 22.9 Å². The van der Waals surface area contributed by atoms with E-state index in [9.17, 15) is 4.79 Å². The molecule has 0 saturated heterocycles. The summed E-state index contributed by atoms with van der Waals surface area (Å²) < 4.78 is 0. The molecular formula is C16H17NOS. The van der Waals surface area contributed by atoms with Gasteiger partial charge in [0.1, 0.15) is 0 Å². The Morgan fingerprint density at radius 1 is 1.26 bits per heavy atom. The number of thiophene rings is 1. The monoisotopic (exact) mass is 271 g/mol. The second kappa shape index (κ2) is 4.82. The average molecular weight is 271 g/mol. The van der Waals surface area contributed by atoms with Crippen LogP contribution < -0.4 is 5.32 Å². The standard InChI is InChI=1S/C16H17NOS/c1-10-3-4-14(11(2)7-10)16(18)17-13-8-12-5-6-19-15(12)9-13/h3-7,13H,8-9H2,1-2H3,(H,17,18). The number of carbonyl (C=O) groups excluding carboxylic acids is 1. The summed E-state index contributed by atoms with van der Waals surface area (Å²) in [6.45, 7) is 4.04. The number of hydrogen-bond donors (Lipinski definition) is 1. The smallest absolute Gasteiger partial charge is 0.251 e. The molecule has 1 aromatic carbocycles. The molecule has 3 heteroatoms. The second-order valence-corrected chi connectivity index (χ2v) is 6.27. The van der Waals surface area contributed by atoms with E-state index in [0.717, 1.165) is 24.0 Å². The molecular weight excluding hydrogens is 254 g/mol. The van der Waals surface area contributed by atoms with Crippen LogP contribution in [0.2, 0.25) is 0 Å². The van der Waals surface area contributed by atoms with Gasteiger partial charge in [-0.2, -0.15) is 0 Å². The lowest BCUT2D eigenvalue weighted by Gasteiger charge is -2.13. The highest BCUT2D eigenvalue weighted by Gasteiger charge is 2.24. The van der Waals surface area contributed by atoms with Crippen molar-refractivity contribution >= 4 is 17.2 Å². The SMILES string of the molecule is Cc1ccc(C(=O)NC2Cc3ccsc3C2)c(C)c1. The van der Waals surface area contributed by atoms with E-state index in [2.05, 4.69) is 22.8 Å². The number of carbonyl (C=O) groups is 1. The predicted molar refractivity (Wildman–Crippen MR) is 78.9 cm³/mol. The first-order valence-electron chi connectivity index (χ1n) is 6.57. The van der Waals surface area contributed by atoms with E-state index >= 15 is 0 Å². The zero-order valence-corrected chi connectivity index (χ0v) is 12.0. The molecule has 0 aliphatic heterocycles. The third kappa shape index (κ3) is 2.43. The molecule has 2 aromatic rings. The molecule has 0 radical (unpaired) electrons. The van der Waals surface area contributed by atoms with Crippen LogP contribution in [-0.4, -0.2) is 11.9 Å². The van der Waals surface area contributed by atoms with E-state index in [4.69, 9.17) is 0 Å². The zero-order valence-electron chi connectivity index (χ0n) is 11.2. The summed E-state index contributed by atoms with van der Waals surface area (Å²) >= 11 is 1.79. The maximum absolute atomic E-state index is 12.3. The Balaban J connectivity index is 1.71. The van der Waals surface area contributed by atoms with Crippen LogP contribution in [0.15, 0.2) is 29.6 Å². The van der Waals surface area contributed by atoms with Gasteiger partial charge < -0.3 is 5.32 Å². The van der Waals surface area contributed by atoms with Gasteiger partial charge in [-0.15, -0.1) is 11.3 Å². The molecule has 0 bridgehead atoms. The number of fused-ring (bicyclic) bond motifs is 1. The lowest BCUT2D eigenvalue weighted by molar-refractivity contribution is 0.0938. The molecule has 2 nitrogen and oxygen atoms in total. The summed E-state index contributed by atoms with van der Waals surface area (Å²) in [6, 6.07) is 8.40. The minimum atomic E-state index is 0.0534. The van der Waals surface area contributed by atoms with Crippen LogP contribution in [0.25, 0.3) is 0 Å². The van der Waals surface area contributed by atoms with E-state index < -0.39 is 0 Å². The van der Waals surface area contributed by atoms with Crippen molar-refractivity contribution in [2.24, 2.45) is 0 Å². The molecule has 1 aliphatic carbocycles. The van der Waals surface area contributed by atoms with E-state index in [1.54, 1.807) is 11.3 Å². The van der Waals surface area contributed by atoms with Crippen LogP contribution in [0.4, 0.5) is 0 Å². The van der Waals surface area contributed by atoms with Gasteiger partial charge in [0.25, 0.3) is 5.91 Å². The average Bonchev–Trinajstić information content (AvgIpc) is 2.89. The molecule has 3 rings (SSSR count). The Kier molecular flexibility index (Phi) is 3.15. The molecule has 1 amide bonds. The molecule has 1 aliphatic rings. The van der Waals surface area contributed by atoms with Crippen molar-refractivity contribution in [2.45, 2.75) is 32.7 Å². The summed E-state index contributed by atoms with van der Waals surface area (Å²) in [5.41, 5.74) is 4.43. The topological polar surface area (TPSA) is 29.1 Å². The van der Waals surface area contributed by atoms with E-state index in [-0.39, 0.29) is 11.9 Å². The van der Waals surface area contributed by atoms with Crippen LogP contribution in [0.5, 0.6) is 0 Å². The summed E-state index contributed by atoms with van der Waals surface area (Å²) in [5, 5.41) is 5.29. The summed E-state index contributed by atoms with van der Waals surface area (Å²) in [6.07, 6.45) is 1.94. The second-order valence-electron chi connectivity index (χ2n) is 5.27. The number of benzene rings is 1. The first-order valence-corrected chi connectivity index (χ1v) is 7.45. The van der Waals surface area contributed by atoms with Crippen molar-refractivity contribution in [3.8, 4) is 0 Å². The number of nitrogens with one attached hydrogen (secondary N) is 1. The minimum Gasteiger partial charge on any atom is -0.349 e. The Labute approximate surface area is 117 Å². The summed E-state index contributed by atoms with van der Waals surface area (Å²) in [4.78, 5) is 13.7. The maximum Gasteiger partial charge on any atom is 0.251 e. The van der Waals surface area contributed by atoms with Crippen molar-refractivity contribution in [3.63, 3.8) is 0 Å². The number of amides is 1. The van der Waals surface area contributed by atoms with E-state index in [1.165, 1.54) is 16.0 Å². The Morgan fingerprint density at radius 3 is 2.84 bits per heavy atom. The van der Waals surface area contributed by atoms with E-state index in [0.29, 0.717) is 0 Å². The number of aryl methyl sites for hydroxylation is 2. The van der Waals surface area contributed by atoms with Crippen molar-refractivity contribution in [1.29, 1.82) is 0 Å². The summed E-state index contributed by atoms with van der Waals surface area (Å²) in [5.74, 6) is 0.0534. The molecule has 1 aromatic heterocycles. The lowest BCUT2D eigenvalue weighted by Crippen LogP contribution is -2.35. The Bertz CT molecular complexity index is 609. The highest BCUT2D eigenvalue weighted by molar-refractivity contribution is 7.10. The fourth-order valence-corrected chi connectivity index (χ4v) is 3.72. The molecule has 0 saturated carbocycles. The minimum absolute atomic E-state index is 0.0534. The van der Waals surface area contributed by atoms with Gasteiger partial charge in [0.05, 0.1) is 0 Å². The highest BCUT2D eigenvalue weighted by atomic mass is 32.1. The fourth-order valence-electron chi connectivity index (χ4n) is 2.72. The molecule has 1 atom stereocenters. The van der Waals surface area contributed by atoms with Gasteiger partial charge in [-0.3, -0.25) is 4.79 Å². The van der Waals surface area contributed by atoms with Crippen LogP contribution in [0.1, 0.15) is 31.9 Å². The van der Waals surface area contributed by atoms with Gasteiger partial charge in [0.15, 0.2) is 0 Å². The lowest BCUT2D eigenvalue weighted by atomic mass is 10.0. The number of rotatable bonds is 2. The van der Waals surface area contributed by atoms with Crippen molar-refractivity contribution in [3.05, 3.63) is 56.8 Å². The van der Waals surface area contributed by atoms with Gasteiger partial charge in [-0.25, -0.2) is 0 Å². The van der Waals surface area contributed by atoms with Crippen molar-refractivity contribution in [1.82, 2.24) is 5.32 Å². The first-order chi connectivity index (χ1) is 9.13. The van der Waals surface area contributed by atoms with E-state index in [1.807, 2.05) is 26.0 Å². The molecule has 19 heavy (non-hydrogen) atoms. The van der Waals surface area contributed by atoms with Crippen LogP contribution >= 0.6 is 11.3 Å².